The number of nitrogens with one attached hydrogen (secondary N) is 2. The van der Waals surface area contributed by atoms with Crippen molar-refractivity contribution in [1.82, 2.24) is 10.6 Å². The number of amides is 2. The topological polar surface area (TPSA) is 64.9 Å². The minimum atomic E-state index is -0.182. The highest BCUT2D eigenvalue weighted by Crippen LogP contribution is 1.81. The number of rotatable bonds is 5. The molecular formula is C8H15N3O. The molecule has 2 N–H and O–H groups in total. The molecule has 0 saturated heterocycles. The Kier molecular flexibility index (Phi) is 7.05. The summed E-state index contributed by atoms with van der Waals surface area (Å²) < 4.78 is 0. The fourth-order valence-electron chi connectivity index (χ4n) is 0.673. The lowest BCUT2D eigenvalue weighted by atomic mass is 10.3. The third kappa shape index (κ3) is 6.87. The van der Waals surface area contributed by atoms with Crippen LogP contribution < -0.4 is 10.6 Å². The van der Waals surface area contributed by atoms with Crippen LogP contribution in [0.15, 0.2) is 0 Å². The predicted molar refractivity (Wildman–Crippen MR) is 46.5 cm³/mol. The maximum absolute atomic E-state index is 10.9. The molecule has 0 aliphatic heterocycles. The minimum Gasteiger partial charge on any atom is -0.338 e. The van der Waals surface area contributed by atoms with Gasteiger partial charge in [-0.2, -0.15) is 5.26 Å². The molecule has 0 unspecified atom stereocenters. The number of nitriles is 1. The second-order valence-corrected chi connectivity index (χ2v) is 2.44. The summed E-state index contributed by atoms with van der Waals surface area (Å²) in [7, 11) is 0. The molecule has 0 atom stereocenters. The fourth-order valence-corrected chi connectivity index (χ4v) is 0.673. The van der Waals surface area contributed by atoms with Crippen molar-refractivity contribution in [2.75, 3.05) is 13.1 Å². The molecule has 0 aromatic carbocycles. The Hall–Kier alpha value is -1.24. The van der Waals surface area contributed by atoms with E-state index in [-0.39, 0.29) is 6.03 Å². The summed E-state index contributed by atoms with van der Waals surface area (Å²) in [5, 5.41) is 13.4. The van der Waals surface area contributed by atoms with Gasteiger partial charge in [0.1, 0.15) is 0 Å². The highest BCUT2D eigenvalue weighted by atomic mass is 16.2. The molecule has 2 amide bonds. The van der Waals surface area contributed by atoms with Gasteiger partial charge < -0.3 is 10.6 Å². The number of hydrogen-bond donors (Lipinski definition) is 2. The molecule has 0 spiro atoms. The first-order valence-corrected chi connectivity index (χ1v) is 4.20. The molecule has 0 aromatic rings. The molecule has 0 aliphatic rings. The Morgan fingerprint density at radius 3 is 2.67 bits per heavy atom. The summed E-state index contributed by atoms with van der Waals surface area (Å²) in [4.78, 5) is 10.9. The van der Waals surface area contributed by atoms with E-state index in [0.29, 0.717) is 19.5 Å². The molecule has 4 nitrogen and oxygen atoms in total. The Labute approximate surface area is 72.9 Å². The first-order chi connectivity index (χ1) is 5.81. The van der Waals surface area contributed by atoms with Gasteiger partial charge in [-0.15, -0.1) is 0 Å². The quantitative estimate of drug-likeness (QED) is 0.603. The zero-order valence-corrected chi connectivity index (χ0v) is 7.39. The van der Waals surface area contributed by atoms with Crippen LogP contribution >= 0.6 is 0 Å². The smallest absolute Gasteiger partial charge is 0.314 e. The molecule has 12 heavy (non-hydrogen) atoms. The van der Waals surface area contributed by atoms with E-state index in [1.54, 1.807) is 0 Å². The molecule has 0 fully saturated rings. The number of carbonyl (C=O) groups is 1. The number of urea groups is 1. The predicted octanol–water partition coefficient (Wildman–Crippen LogP) is 0.999. The normalized spacial score (nSPS) is 8.67. The summed E-state index contributed by atoms with van der Waals surface area (Å²) in [6.45, 7) is 3.19. The summed E-state index contributed by atoms with van der Waals surface area (Å²) in [5.74, 6) is 0. The van der Waals surface area contributed by atoms with Gasteiger partial charge in [-0.25, -0.2) is 4.79 Å². The van der Waals surface area contributed by atoms with Gasteiger partial charge in [0.05, 0.1) is 12.5 Å². The van der Waals surface area contributed by atoms with E-state index in [9.17, 15) is 4.79 Å². The Morgan fingerprint density at radius 1 is 1.42 bits per heavy atom. The Bertz CT molecular complexity index is 162. The van der Waals surface area contributed by atoms with Crippen molar-refractivity contribution in [3.05, 3.63) is 0 Å². The lowest BCUT2D eigenvalue weighted by Crippen LogP contribution is -2.36. The van der Waals surface area contributed by atoms with E-state index in [2.05, 4.69) is 17.6 Å². The van der Waals surface area contributed by atoms with Crippen molar-refractivity contribution < 1.29 is 4.79 Å². The first-order valence-electron chi connectivity index (χ1n) is 4.20. The number of hydrogen-bond acceptors (Lipinski definition) is 2. The SMILES string of the molecule is CCCCNC(=O)NCCC#N. The van der Waals surface area contributed by atoms with Crippen LogP contribution in [-0.4, -0.2) is 19.1 Å². The standard InChI is InChI=1S/C8H15N3O/c1-2-3-6-10-8(12)11-7-4-5-9/h2-4,6-7H2,1H3,(H2,10,11,12). The van der Waals surface area contributed by atoms with Crippen molar-refractivity contribution in [2.24, 2.45) is 0 Å². The molecule has 4 heteroatoms. The third-order valence-electron chi connectivity index (χ3n) is 1.34. The average molecular weight is 169 g/mol. The van der Waals surface area contributed by atoms with E-state index in [1.807, 2.05) is 6.07 Å². The van der Waals surface area contributed by atoms with Gasteiger partial charge in [0.15, 0.2) is 0 Å². The molecule has 0 rings (SSSR count). The van der Waals surface area contributed by atoms with Gasteiger partial charge >= 0.3 is 6.03 Å². The van der Waals surface area contributed by atoms with E-state index in [1.165, 1.54) is 0 Å². The Morgan fingerprint density at radius 2 is 2.08 bits per heavy atom. The fraction of sp³-hybridized carbons (Fsp3) is 0.750. The zero-order chi connectivity index (χ0) is 9.23. The van der Waals surface area contributed by atoms with E-state index in [4.69, 9.17) is 5.26 Å². The van der Waals surface area contributed by atoms with Crippen LogP contribution in [-0.2, 0) is 0 Å². The number of unbranched alkanes of at least 4 members (excludes halogenated alkanes) is 1. The molecule has 0 radical (unpaired) electrons. The van der Waals surface area contributed by atoms with Crippen LogP contribution in [0.3, 0.4) is 0 Å². The van der Waals surface area contributed by atoms with Crippen LogP contribution in [0.25, 0.3) is 0 Å². The monoisotopic (exact) mass is 169 g/mol. The van der Waals surface area contributed by atoms with Gasteiger partial charge in [0.25, 0.3) is 0 Å². The second-order valence-electron chi connectivity index (χ2n) is 2.44. The van der Waals surface area contributed by atoms with Crippen molar-refractivity contribution in [1.29, 1.82) is 5.26 Å². The largest absolute Gasteiger partial charge is 0.338 e. The van der Waals surface area contributed by atoms with Crippen LogP contribution in [0.4, 0.5) is 4.79 Å². The van der Waals surface area contributed by atoms with Crippen LogP contribution in [0.1, 0.15) is 26.2 Å². The summed E-state index contributed by atoms with van der Waals surface area (Å²) in [6, 6.07) is 1.77. The summed E-state index contributed by atoms with van der Waals surface area (Å²) in [5.41, 5.74) is 0. The van der Waals surface area contributed by atoms with Crippen molar-refractivity contribution in [3.63, 3.8) is 0 Å². The zero-order valence-electron chi connectivity index (χ0n) is 7.39. The molecule has 0 bridgehead atoms. The molecule has 0 heterocycles. The van der Waals surface area contributed by atoms with Crippen molar-refractivity contribution >= 4 is 6.03 Å². The second kappa shape index (κ2) is 7.86. The van der Waals surface area contributed by atoms with Gasteiger partial charge in [-0.3, -0.25) is 0 Å². The van der Waals surface area contributed by atoms with Crippen LogP contribution in [0.2, 0.25) is 0 Å². The molecule has 0 aliphatic carbocycles. The van der Waals surface area contributed by atoms with E-state index >= 15 is 0 Å². The molecule has 68 valence electrons. The third-order valence-corrected chi connectivity index (χ3v) is 1.34. The lowest BCUT2D eigenvalue weighted by molar-refractivity contribution is 0.241. The maximum Gasteiger partial charge on any atom is 0.314 e. The summed E-state index contributed by atoms with van der Waals surface area (Å²) >= 11 is 0. The van der Waals surface area contributed by atoms with Gasteiger partial charge in [-0.05, 0) is 6.42 Å². The Balaban J connectivity index is 3.17. The van der Waals surface area contributed by atoms with Crippen LogP contribution in [0, 0.1) is 11.3 Å². The molecule has 0 aromatic heterocycles. The molecule has 0 saturated carbocycles. The van der Waals surface area contributed by atoms with Crippen LogP contribution in [0.5, 0.6) is 0 Å². The average Bonchev–Trinajstić information content (AvgIpc) is 2.06. The highest BCUT2D eigenvalue weighted by molar-refractivity contribution is 5.73. The highest BCUT2D eigenvalue weighted by Gasteiger charge is 1.95. The number of carbonyl (C=O) groups excluding carboxylic acids is 1. The van der Waals surface area contributed by atoms with E-state index in [0.717, 1.165) is 12.8 Å². The van der Waals surface area contributed by atoms with E-state index < -0.39 is 0 Å². The van der Waals surface area contributed by atoms with Gasteiger partial charge in [0, 0.05) is 13.1 Å². The number of nitrogens with zero attached hydrogens (tertiary/aromatic N) is 1. The maximum atomic E-state index is 10.9. The van der Waals surface area contributed by atoms with Gasteiger partial charge in [-0.1, -0.05) is 13.3 Å². The lowest BCUT2D eigenvalue weighted by Gasteiger charge is -2.04. The minimum absolute atomic E-state index is 0.182. The summed E-state index contributed by atoms with van der Waals surface area (Å²) in [6.07, 6.45) is 2.42. The first kappa shape index (κ1) is 10.8. The van der Waals surface area contributed by atoms with Gasteiger partial charge in [0.2, 0.25) is 0 Å². The van der Waals surface area contributed by atoms with Crippen molar-refractivity contribution in [3.8, 4) is 6.07 Å². The molecular weight excluding hydrogens is 154 g/mol. The van der Waals surface area contributed by atoms with Crippen molar-refractivity contribution in [2.45, 2.75) is 26.2 Å².